The lowest BCUT2D eigenvalue weighted by Crippen LogP contribution is -2.01. The Morgan fingerprint density at radius 1 is 1.22 bits per heavy atom. The Morgan fingerprint density at radius 3 is 2.39 bits per heavy atom. The van der Waals surface area contributed by atoms with Crippen molar-refractivity contribution in [3.05, 3.63) is 36.8 Å². The van der Waals surface area contributed by atoms with E-state index in [-0.39, 0.29) is 0 Å². The molecule has 0 radical (unpaired) electrons. The standard InChI is InChI=1S/C15H24O3/c1-4-6-7-8-9-10-11-14(15(16)17)12-13(3)18-5-2/h5,12H,2-4,6-11H2,1H3,(H,16,17)/b14-12+. The molecule has 0 aliphatic rings. The van der Waals surface area contributed by atoms with Crippen LogP contribution in [0.15, 0.2) is 36.8 Å². The Labute approximate surface area is 110 Å². The van der Waals surface area contributed by atoms with E-state index in [0.29, 0.717) is 17.8 Å². The van der Waals surface area contributed by atoms with Crippen LogP contribution >= 0.6 is 0 Å². The number of carboxylic acids is 1. The fourth-order valence-electron chi connectivity index (χ4n) is 1.67. The number of carboxylic acid groups (broad SMARTS) is 1. The van der Waals surface area contributed by atoms with E-state index in [1.165, 1.54) is 38.0 Å². The van der Waals surface area contributed by atoms with Gasteiger partial charge in [0.2, 0.25) is 0 Å². The Morgan fingerprint density at radius 2 is 1.83 bits per heavy atom. The third kappa shape index (κ3) is 8.62. The van der Waals surface area contributed by atoms with Gasteiger partial charge < -0.3 is 9.84 Å². The maximum Gasteiger partial charge on any atom is 0.331 e. The van der Waals surface area contributed by atoms with Crippen LogP contribution in [-0.2, 0) is 9.53 Å². The Hall–Kier alpha value is -1.51. The predicted octanol–water partition coefficient (Wildman–Crippen LogP) is 4.42. The van der Waals surface area contributed by atoms with Gasteiger partial charge in [-0.2, -0.15) is 0 Å². The van der Waals surface area contributed by atoms with Crippen molar-refractivity contribution in [3.63, 3.8) is 0 Å². The topological polar surface area (TPSA) is 46.5 Å². The summed E-state index contributed by atoms with van der Waals surface area (Å²) in [6, 6.07) is 0. The summed E-state index contributed by atoms with van der Waals surface area (Å²) in [5, 5.41) is 9.04. The van der Waals surface area contributed by atoms with Crippen LogP contribution in [-0.4, -0.2) is 11.1 Å². The molecule has 0 unspecified atom stereocenters. The van der Waals surface area contributed by atoms with Gasteiger partial charge in [-0.05, 0) is 18.9 Å². The molecule has 3 heteroatoms. The van der Waals surface area contributed by atoms with E-state index in [1.54, 1.807) is 0 Å². The number of unbranched alkanes of at least 4 members (excludes halogenated alkanes) is 5. The van der Waals surface area contributed by atoms with E-state index in [9.17, 15) is 4.79 Å². The monoisotopic (exact) mass is 252 g/mol. The molecule has 0 aliphatic heterocycles. The SMILES string of the molecule is C=COC(=C)/C=C(\CCCCCCCC)C(=O)O. The first-order valence-electron chi connectivity index (χ1n) is 6.52. The summed E-state index contributed by atoms with van der Waals surface area (Å²) in [5.74, 6) is -0.592. The van der Waals surface area contributed by atoms with Gasteiger partial charge in [0, 0.05) is 5.57 Å². The van der Waals surface area contributed by atoms with E-state index in [1.807, 2.05) is 0 Å². The summed E-state index contributed by atoms with van der Waals surface area (Å²) < 4.78 is 4.91. The molecule has 102 valence electrons. The lowest BCUT2D eigenvalue weighted by Gasteiger charge is -2.04. The number of hydrogen-bond donors (Lipinski definition) is 1. The van der Waals surface area contributed by atoms with Gasteiger partial charge in [-0.25, -0.2) is 4.79 Å². The summed E-state index contributed by atoms with van der Waals surface area (Å²) in [7, 11) is 0. The summed E-state index contributed by atoms with van der Waals surface area (Å²) in [6.07, 6.45) is 10.1. The molecular formula is C15H24O3. The van der Waals surface area contributed by atoms with Crippen molar-refractivity contribution >= 4 is 5.97 Å². The highest BCUT2D eigenvalue weighted by Gasteiger charge is 2.07. The van der Waals surface area contributed by atoms with E-state index < -0.39 is 5.97 Å². The van der Waals surface area contributed by atoms with Crippen molar-refractivity contribution in [2.75, 3.05) is 0 Å². The van der Waals surface area contributed by atoms with Gasteiger partial charge in [0.1, 0.15) is 5.76 Å². The molecule has 0 aromatic heterocycles. The van der Waals surface area contributed by atoms with Crippen LogP contribution in [0.3, 0.4) is 0 Å². The first-order valence-corrected chi connectivity index (χ1v) is 6.52. The Bertz CT molecular complexity index is 303. The maximum absolute atomic E-state index is 11.0. The highest BCUT2D eigenvalue weighted by molar-refractivity contribution is 5.87. The van der Waals surface area contributed by atoms with Crippen LogP contribution in [0.25, 0.3) is 0 Å². The number of allylic oxidation sites excluding steroid dienone is 1. The fourth-order valence-corrected chi connectivity index (χ4v) is 1.67. The number of carbonyl (C=O) groups is 1. The molecule has 0 spiro atoms. The molecule has 0 aromatic carbocycles. The van der Waals surface area contributed by atoms with Crippen LogP contribution in [0, 0.1) is 0 Å². The van der Waals surface area contributed by atoms with E-state index >= 15 is 0 Å². The van der Waals surface area contributed by atoms with Gasteiger partial charge in [0.25, 0.3) is 0 Å². The third-order valence-electron chi connectivity index (χ3n) is 2.64. The highest BCUT2D eigenvalue weighted by Crippen LogP contribution is 2.14. The van der Waals surface area contributed by atoms with Gasteiger partial charge in [0.15, 0.2) is 0 Å². The summed E-state index contributed by atoms with van der Waals surface area (Å²) in [4.78, 5) is 11.0. The zero-order chi connectivity index (χ0) is 13.8. The molecule has 0 saturated carbocycles. The lowest BCUT2D eigenvalue weighted by atomic mass is 10.0. The van der Waals surface area contributed by atoms with Gasteiger partial charge >= 0.3 is 5.97 Å². The summed E-state index contributed by atoms with van der Waals surface area (Å²) in [5.41, 5.74) is 0.345. The number of rotatable bonds is 11. The minimum atomic E-state index is -0.905. The van der Waals surface area contributed by atoms with Gasteiger partial charge in [-0.1, -0.05) is 52.2 Å². The molecule has 0 saturated heterocycles. The second-order valence-corrected chi connectivity index (χ2v) is 4.24. The van der Waals surface area contributed by atoms with Gasteiger partial charge in [0.05, 0.1) is 6.26 Å². The smallest absolute Gasteiger partial charge is 0.331 e. The molecule has 0 bridgehead atoms. The molecule has 0 rings (SSSR count). The van der Waals surface area contributed by atoms with E-state index in [0.717, 1.165) is 12.8 Å². The largest absolute Gasteiger partial charge is 0.478 e. The molecule has 1 N–H and O–H groups in total. The van der Waals surface area contributed by atoms with Crippen molar-refractivity contribution in [2.24, 2.45) is 0 Å². The number of aliphatic carboxylic acids is 1. The average Bonchev–Trinajstić information content (AvgIpc) is 2.32. The zero-order valence-corrected chi connectivity index (χ0v) is 11.3. The number of hydrogen-bond acceptors (Lipinski definition) is 2. The van der Waals surface area contributed by atoms with Crippen molar-refractivity contribution in [1.29, 1.82) is 0 Å². The lowest BCUT2D eigenvalue weighted by molar-refractivity contribution is -0.132. The minimum absolute atomic E-state index is 0.313. The maximum atomic E-state index is 11.0. The molecular weight excluding hydrogens is 228 g/mol. The predicted molar refractivity (Wildman–Crippen MR) is 74.1 cm³/mol. The second kappa shape index (κ2) is 10.6. The normalized spacial score (nSPS) is 11.1. The molecule has 0 atom stereocenters. The first kappa shape index (κ1) is 16.5. The van der Waals surface area contributed by atoms with Crippen LogP contribution in [0.2, 0.25) is 0 Å². The van der Waals surface area contributed by atoms with Crippen LogP contribution < -0.4 is 0 Å². The highest BCUT2D eigenvalue weighted by atomic mass is 16.5. The van der Waals surface area contributed by atoms with E-state index in [4.69, 9.17) is 9.84 Å². The van der Waals surface area contributed by atoms with Crippen molar-refractivity contribution < 1.29 is 14.6 Å². The molecule has 0 heterocycles. The minimum Gasteiger partial charge on any atom is -0.478 e. The van der Waals surface area contributed by atoms with Gasteiger partial charge in [-0.15, -0.1) is 0 Å². The van der Waals surface area contributed by atoms with Crippen LogP contribution in [0.4, 0.5) is 0 Å². The summed E-state index contributed by atoms with van der Waals surface area (Å²) in [6.45, 7) is 9.18. The van der Waals surface area contributed by atoms with Crippen molar-refractivity contribution in [1.82, 2.24) is 0 Å². The number of ether oxygens (including phenoxy) is 1. The van der Waals surface area contributed by atoms with Crippen molar-refractivity contribution in [3.8, 4) is 0 Å². The molecule has 0 aliphatic carbocycles. The third-order valence-corrected chi connectivity index (χ3v) is 2.64. The molecule has 3 nitrogen and oxygen atoms in total. The molecule has 0 aromatic rings. The molecule has 18 heavy (non-hydrogen) atoms. The van der Waals surface area contributed by atoms with Crippen molar-refractivity contribution in [2.45, 2.75) is 51.9 Å². The summed E-state index contributed by atoms with van der Waals surface area (Å²) >= 11 is 0. The average molecular weight is 252 g/mol. The molecule has 0 fully saturated rings. The Kier molecular flexibility index (Phi) is 9.74. The first-order chi connectivity index (χ1) is 8.61. The molecule has 0 amide bonds. The zero-order valence-electron chi connectivity index (χ0n) is 11.3. The van der Waals surface area contributed by atoms with Crippen LogP contribution in [0.1, 0.15) is 51.9 Å². The fraction of sp³-hybridized carbons (Fsp3) is 0.533. The Balaban J connectivity index is 4.02. The van der Waals surface area contributed by atoms with Gasteiger partial charge in [-0.3, -0.25) is 0 Å². The van der Waals surface area contributed by atoms with Crippen LogP contribution in [0.5, 0.6) is 0 Å². The second-order valence-electron chi connectivity index (χ2n) is 4.24. The quantitative estimate of drug-likeness (QED) is 0.256. The van der Waals surface area contributed by atoms with E-state index in [2.05, 4.69) is 20.1 Å².